The van der Waals surface area contributed by atoms with Crippen molar-refractivity contribution in [2.75, 3.05) is 13.2 Å². The molecule has 0 bridgehead atoms. The van der Waals surface area contributed by atoms with Gasteiger partial charge in [0.25, 0.3) is 0 Å². The molecule has 14 heavy (non-hydrogen) atoms. The van der Waals surface area contributed by atoms with Crippen LogP contribution in [0.3, 0.4) is 0 Å². The summed E-state index contributed by atoms with van der Waals surface area (Å²) in [6.45, 7) is 0.215. The number of hydrogen-bond donors (Lipinski definition) is 1. The standard InChI is InChI=1S/C10H11N3O/c11-13-12-7-6-10(8-14)9-4-2-1-3-5-9/h1-6,14H,7-8H2/b10-6+. The lowest BCUT2D eigenvalue weighted by atomic mass is 10.1. The Labute approximate surface area is 82.1 Å². The van der Waals surface area contributed by atoms with E-state index in [-0.39, 0.29) is 13.2 Å². The molecular formula is C10H11N3O. The average Bonchev–Trinajstić information content (AvgIpc) is 2.26. The average molecular weight is 189 g/mol. The van der Waals surface area contributed by atoms with Gasteiger partial charge in [-0.2, -0.15) is 0 Å². The maximum atomic E-state index is 9.08. The zero-order chi connectivity index (χ0) is 10.2. The third-order valence-electron chi connectivity index (χ3n) is 1.80. The maximum absolute atomic E-state index is 9.08. The van der Waals surface area contributed by atoms with Crippen LogP contribution in [-0.2, 0) is 0 Å². The molecule has 0 saturated carbocycles. The molecule has 4 heteroatoms. The monoisotopic (exact) mass is 189 g/mol. The first-order valence-corrected chi connectivity index (χ1v) is 4.24. The van der Waals surface area contributed by atoms with Crippen LogP contribution in [0.25, 0.3) is 16.0 Å². The second-order valence-corrected chi connectivity index (χ2v) is 2.67. The largest absolute Gasteiger partial charge is 0.392 e. The number of aliphatic hydroxyl groups excluding tert-OH is 1. The van der Waals surface area contributed by atoms with Crippen molar-refractivity contribution in [3.8, 4) is 0 Å². The Bertz CT molecular complexity index is 353. The molecule has 0 aromatic heterocycles. The van der Waals surface area contributed by atoms with Gasteiger partial charge in [-0.15, -0.1) is 0 Å². The SMILES string of the molecule is [N-]=[N+]=NC/C=C(\CO)c1ccccc1. The van der Waals surface area contributed by atoms with Crippen molar-refractivity contribution in [1.82, 2.24) is 0 Å². The number of azide groups is 1. The van der Waals surface area contributed by atoms with Gasteiger partial charge in [-0.3, -0.25) is 0 Å². The lowest BCUT2D eigenvalue weighted by Crippen LogP contribution is -1.90. The van der Waals surface area contributed by atoms with E-state index in [9.17, 15) is 0 Å². The van der Waals surface area contributed by atoms with Crippen molar-refractivity contribution in [3.63, 3.8) is 0 Å². The van der Waals surface area contributed by atoms with Crippen molar-refractivity contribution in [2.45, 2.75) is 0 Å². The van der Waals surface area contributed by atoms with Crippen molar-refractivity contribution in [2.24, 2.45) is 5.11 Å². The van der Waals surface area contributed by atoms with Crippen molar-refractivity contribution < 1.29 is 5.11 Å². The van der Waals surface area contributed by atoms with Gasteiger partial charge in [-0.05, 0) is 16.7 Å². The fraction of sp³-hybridized carbons (Fsp3) is 0.200. The van der Waals surface area contributed by atoms with E-state index in [0.717, 1.165) is 11.1 Å². The van der Waals surface area contributed by atoms with Crippen molar-refractivity contribution >= 4 is 5.57 Å². The smallest absolute Gasteiger partial charge is 0.0684 e. The fourth-order valence-corrected chi connectivity index (χ4v) is 1.11. The molecule has 0 aliphatic heterocycles. The molecule has 0 fully saturated rings. The van der Waals surface area contributed by atoms with Gasteiger partial charge in [-0.1, -0.05) is 41.5 Å². The molecule has 0 atom stereocenters. The lowest BCUT2D eigenvalue weighted by molar-refractivity contribution is 0.350. The highest BCUT2D eigenvalue weighted by Gasteiger charge is 1.97. The summed E-state index contributed by atoms with van der Waals surface area (Å²) in [5.41, 5.74) is 9.81. The second-order valence-electron chi connectivity index (χ2n) is 2.67. The predicted octanol–water partition coefficient (Wildman–Crippen LogP) is 2.37. The lowest BCUT2D eigenvalue weighted by Gasteiger charge is -2.02. The van der Waals surface area contributed by atoms with Crippen LogP contribution in [0.4, 0.5) is 0 Å². The topological polar surface area (TPSA) is 69.0 Å². The van der Waals surface area contributed by atoms with Crippen LogP contribution in [-0.4, -0.2) is 18.3 Å². The van der Waals surface area contributed by atoms with E-state index in [1.807, 2.05) is 30.3 Å². The Balaban J connectivity index is 2.81. The van der Waals surface area contributed by atoms with Gasteiger partial charge < -0.3 is 5.11 Å². The summed E-state index contributed by atoms with van der Waals surface area (Å²) in [5, 5.41) is 12.5. The van der Waals surface area contributed by atoms with E-state index < -0.39 is 0 Å². The fourth-order valence-electron chi connectivity index (χ4n) is 1.11. The van der Waals surface area contributed by atoms with Gasteiger partial charge >= 0.3 is 0 Å². The number of nitrogens with zero attached hydrogens (tertiary/aromatic N) is 3. The summed E-state index contributed by atoms with van der Waals surface area (Å²) in [6.07, 6.45) is 1.72. The molecule has 0 amide bonds. The first kappa shape index (κ1) is 10.3. The van der Waals surface area contributed by atoms with Crippen LogP contribution >= 0.6 is 0 Å². The van der Waals surface area contributed by atoms with Crippen LogP contribution in [0.5, 0.6) is 0 Å². The molecule has 4 nitrogen and oxygen atoms in total. The molecule has 0 heterocycles. The first-order valence-electron chi connectivity index (χ1n) is 4.24. The Morgan fingerprint density at radius 1 is 1.43 bits per heavy atom. The van der Waals surface area contributed by atoms with Gasteiger partial charge in [0.2, 0.25) is 0 Å². The zero-order valence-corrected chi connectivity index (χ0v) is 7.67. The molecule has 1 aromatic rings. The highest BCUT2D eigenvalue weighted by atomic mass is 16.3. The van der Waals surface area contributed by atoms with E-state index >= 15 is 0 Å². The Morgan fingerprint density at radius 2 is 2.14 bits per heavy atom. The van der Waals surface area contributed by atoms with Gasteiger partial charge in [0.1, 0.15) is 0 Å². The minimum atomic E-state index is -0.0506. The third kappa shape index (κ3) is 2.94. The Hall–Kier alpha value is -1.77. The van der Waals surface area contributed by atoms with Crippen molar-refractivity contribution in [3.05, 3.63) is 52.4 Å². The van der Waals surface area contributed by atoms with E-state index in [1.165, 1.54) is 0 Å². The van der Waals surface area contributed by atoms with E-state index in [2.05, 4.69) is 10.0 Å². The van der Waals surface area contributed by atoms with Crippen molar-refractivity contribution in [1.29, 1.82) is 0 Å². The number of rotatable bonds is 4. The summed E-state index contributed by atoms with van der Waals surface area (Å²) in [5.74, 6) is 0. The summed E-state index contributed by atoms with van der Waals surface area (Å²) >= 11 is 0. The summed E-state index contributed by atoms with van der Waals surface area (Å²) in [7, 11) is 0. The minimum absolute atomic E-state index is 0.0506. The Morgan fingerprint density at radius 3 is 2.71 bits per heavy atom. The van der Waals surface area contributed by atoms with E-state index in [0.29, 0.717) is 0 Å². The zero-order valence-electron chi connectivity index (χ0n) is 7.67. The molecule has 0 spiro atoms. The molecule has 0 aliphatic carbocycles. The number of benzene rings is 1. The summed E-state index contributed by atoms with van der Waals surface area (Å²) in [6, 6.07) is 9.50. The molecule has 0 unspecified atom stereocenters. The van der Waals surface area contributed by atoms with E-state index in [1.54, 1.807) is 6.08 Å². The molecule has 1 rings (SSSR count). The molecule has 72 valence electrons. The van der Waals surface area contributed by atoms with Crippen LogP contribution in [0, 0.1) is 0 Å². The van der Waals surface area contributed by atoms with Gasteiger partial charge in [0, 0.05) is 11.5 Å². The number of aliphatic hydroxyl groups is 1. The molecule has 0 radical (unpaired) electrons. The quantitative estimate of drug-likeness (QED) is 0.441. The minimum Gasteiger partial charge on any atom is -0.392 e. The third-order valence-corrected chi connectivity index (χ3v) is 1.80. The first-order chi connectivity index (χ1) is 6.88. The van der Waals surface area contributed by atoms with Crippen LogP contribution in [0.15, 0.2) is 41.5 Å². The van der Waals surface area contributed by atoms with Gasteiger partial charge in [-0.25, -0.2) is 0 Å². The Kier molecular flexibility index (Phi) is 4.27. The second kappa shape index (κ2) is 5.80. The van der Waals surface area contributed by atoms with Crippen LogP contribution < -0.4 is 0 Å². The normalized spacial score (nSPS) is 10.8. The van der Waals surface area contributed by atoms with Gasteiger partial charge in [0.05, 0.1) is 6.61 Å². The highest BCUT2D eigenvalue weighted by molar-refractivity contribution is 5.66. The molecule has 1 aromatic carbocycles. The highest BCUT2D eigenvalue weighted by Crippen LogP contribution is 2.12. The predicted molar refractivity (Wildman–Crippen MR) is 55.5 cm³/mol. The summed E-state index contributed by atoms with van der Waals surface area (Å²) < 4.78 is 0. The van der Waals surface area contributed by atoms with Gasteiger partial charge in [0.15, 0.2) is 0 Å². The molecular weight excluding hydrogens is 178 g/mol. The molecule has 0 aliphatic rings. The van der Waals surface area contributed by atoms with E-state index in [4.69, 9.17) is 10.6 Å². The molecule has 0 saturated heterocycles. The summed E-state index contributed by atoms with van der Waals surface area (Å²) in [4.78, 5) is 2.63. The maximum Gasteiger partial charge on any atom is 0.0684 e. The van der Waals surface area contributed by atoms with Crippen LogP contribution in [0.1, 0.15) is 5.56 Å². The van der Waals surface area contributed by atoms with Crippen LogP contribution in [0.2, 0.25) is 0 Å². The number of hydrogen-bond acceptors (Lipinski definition) is 2. The molecule has 1 N–H and O–H groups in total.